The van der Waals surface area contributed by atoms with Crippen LogP contribution in [0.3, 0.4) is 0 Å². The van der Waals surface area contributed by atoms with E-state index in [9.17, 15) is 4.39 Å². The maximum absolute atomic E-state index is 13.5. The van der Waals surface area contributed by atoms with Gasteiger partial charge in [0.1, 0.15) is 11.6 Å². The number of fused-ring (bicyclic) bond motifs is 1. The van der Waals surface area contributed by atoms with E-state index in [0.29, 0.717) is 22.2 Å². The molecule has 2 aromatic carbocycles. The minimum atomic E-state index is -0.319. The molecule has 0 aliphatic rings. The van der Waals surface area contributed by atoms with Gasteiger partial charge in [-0.15, -0.1) is 0 Å². The van der Waals surface area contributed by atoms with Gasteiger partial charge in [0.15, 0.2) is 5.82 Å². The van der Waals surface area contributed by atoms with Gasteiger partial charge in [0.2, 0.25) is 0 Å². The average molecular weight is 302 g/mol. The SMILES string of the molecule is CCNc1nc(-c2cccc(Cl)c2)nc2cc(F)ccc12. The van der Waals surface area contributed by atoms with Crippen LogP contribution in [0.4, 0.5) is 10.2 Å². The third-order valence-electron chi connectivity index (χ3n) is 3.09. The fourth-order valence-electron chi connectivity index (χ4n) is 2.16. The molecule has 0 bridgehead atoms. The molecule has 0 saturated heterocycles. The van der Waals surface area contributed by atoms with Crippen molar-refractivity contribution in [2.45, 2.75) is 6.92 Å². The second kappa shape index (κ2) is 5.66. The first kappa shape index (κ1) is 13.8. The molecule has 106 valence electrons. The number of nitrogens with one attached hydrogen (secondary N) is 1. The molecule has 0 aliphatic carbocycles. The molecular formula is C16H13ClFN3. The van der Waals surface area contributed by atoms with Crippen LogP contribution in [-0.2, 0) is 0 Å². The number of halogens is 2. The molecule has 0 unspecified atom stereocenters. The summed E-state index contributed by atoms with van der Waals surface area (Å²) in [5.41, 5.74) is 1.36. The van der Waals surface area contributed by atoms with Gasteiger partial charge in [-0.25, -0.2) is 14.4 Å². The van der Waals surface area contributed by atoms with Gasteiger partial charge in [-0.2, -0.15) is 0 Å². The summed E-state index contributed by atoms with van der Waals surface area (Å²) in [4.78, 5) is 8.97. The lowest BCUT2D eigenvalue weighted by atomic mass is 10.2. The Morgan fingerprint density at radius 2 is 2.00 bits per heavy atom. The highest BCUT2D eigenvalue weighted by Crippen LogP contribution is 2.26. The Morgan fingerprint density at radius 1 is 1.14 bits per heavy atom. The normalized spacial score (nSPS) is 10.8. The average Bonchev–Trinajstić information content (AvgIpc) is 2.47. The van der Waals surface area contributed by atoms with Crippen molar-refractivity contribution < 1.29 is 4.39 Å². The highest BCUT2D eigenvalue weighted by molar-refractivity contribution is 6.30. The monoisotopic (exact) mass is 301 g/mol. The summed E-state index contributed by atoms with van der Waals surface area (Å²) in [6, 6.07) is 11.8. The van der Waals surface area contributed by atoms with Crippen molar-refractivity contribution in [1.29, 1.82) is 0 Å². The second-order valence-corrected chi connectivity index (χ2v) is 5.03. The Morgan fingerprint density at radius 3 is 2.76 bits per heavy atom. The van der Waals surface area contributed by atoms with Crippen molar-refractivity contribution in [1.82, 2.24) is 9.97 Å². The van der Waals surface area contributed by atoms with Crippen LogP contribution in [0.5, 0.6) is 0 Å². The van der Waals surface area contributed by atoms with Gasteiger partial charge < -0.3 is 5.32 Å². The van der Waals surface area contributed by atoms with Gasteiger partial charge in [0.25, 0.3) is 0 Å². The Hall–Kier alpha value is -2.20. The number of nitrogens with zero attached hydrogens (tertiary/aromatic N) is 2. The van der Waals surface area contributed by atoms with Crippen molar-refractivity contribution >= 4 is 28.3 Å². The number of rotatable bonds is 3. The number of hydrogen-bond donors (Lipinski definition) is 1. The summed E-state index contributed by atoms with van der Waals surface area (Å²) in [6.45, 7) is 2.70. The van der Waals surface area contributed by atoms with Gasteiger partial charge in [-0.05, 0) is 31.2 Å². The van der Waals surface area contributed by atoms with Crippen LogP contribution >= 0.6 is 11.6 Å². The topological polar surface area (TPSA) is 37.8 Å². The lowest BCUT2D eigenvalue weighted by Crippen LogP contribution is -2.03. The van der Waals surface area contributed by atoms with Crippen molar-refractivity contribution in [3.63, 3.8) is 0 Å². The highest BCUT2D eigenvalue weighted by Gasteiger charge is 2.10. The zero-order valence-corrected chi connectivity index (χ0v) is 12.2. The number of benzene rings is 2. The van der Waals surface area contributed by atoms with Crippen LogP contribution in [0.15, 0.2) is 42.5 Å². The predicted molar refractivity (Wildman–Crippen MR) is 84.1 cm³/mol. The van der Waals surface area contributed by atoms with Crippen LogP contribution in [0.2, 0.25) is 5.02 Å². The van der Waals surface area contributed by atoms with Crippen LogP contribution in [-0.4, -0.2) is 16.5 Å². The van der Waals surface area contributed by atoms with E-state index in [1.165, 1.54) is 12.1 Å². The summed E-state index contributed by atoms with van der Waals surface area (Å²) >= 11 is 6.01. The van der Waals surface area contributed by atoms with E-state index in [4.69, 9.17) is 11.6 Å². The zero-order chi connectivity index (χ0) is 14.8. The molecule has 1 heterocycles. The van der Waals surface area contributed by atoms with E-state index in [0.717, 1.165) is 17.5 Å². The molecule has 0 saturated carbocycles. The fourth-order valence-corrected chi connectivity index (χ4v) is 2.35. The molecule has 0 radical (unpaired) electrons. The summed E-state index contributed by atoms with van der Waals surface area (Å²) in [5.74, 6) is 0.893. The fraction of sp³-hybridized carbons (Fsp3) is 0.125. The van der Waals surface area contributed by atoms with Gasteiger partial charge in [0.05, 0.1) is 5.52 Å². The van der Waals surface area contributed by atoms with E-state index in [-0.39, 0.29) is 5.82 Å². The molecule has 3 rings (SSSR count). The molecule has 1 N–H and O–H groups in total. The first-order valence-corrected chi connectivity index (χ1v) is 7.02. The third-order valence-corrected chi connectivity index (χ3v) is 3.32. The second-order valence-electron chi connectivity index (χ2n) is 4.60. The van der Waals surface area contributed by atoms with E-state index in [1.807, 2.05) is 19.1 Å². The molecular weight excluding hydrogens is 289 g/mol. The summed E-state index contributed by atoms with van der Waals surface area (Å²) < 4.78 is 13.5. The number of aromatic nitrogens is 2. The van der Waals surface area contributed by atoms with Crippen molar-refractivity contribution in [3.05, 3.63) is 53.3 Å². The number of hydrogen-bond acceptors (Lipinski definition) is 3. The molecule has 1 aromatic heterocycles. The van der Waals surface area contributed by atoms with Crippen molar-refractivity contribution in [3.8, 4) is 11.4 Å². The molecule has 0 atom stereocenters. The summed E-state index contributed by atoms with van der Waals surface area (Å²) in [6.07, 6.45) is 0. The van der Waals surface area contributed by atoms with E-state index in [2.05, 4.69) is 15.3 Å². The third kappa shape index (κ3) is 2.81. The van der Waals surface area contributed by atoms with Crippen molar-refractivity contribution in [2.75, 3.05) is 11.9 Å². The number of anilines is 1. The molecule has 0 amide bonds. The molecule has 0 spiro atoms. The Balaban J connectivity index is 2.23. The van der Waals surface area contributed by atoms with Crippen LogP contribution in [0.1, 0.15) is 6.92 Å². The van der Waals surface area contributed by atoms with Gasteiger partial charge in [0, 0.05) is 28.6 Å². The van der Waals surface area contributed by atoms with E-state index >= 15 is 0 Å². The molecule has 0 aliphatic heterocycles. The van der Waals surface area contributed by atoms with Crippen LogP contribution in [0.25, 0.3) is 22.3 Å². The zero-order valence-electron chi connectivity index (χ0n) is 11.4. The minimum absolute atomic E-state index is 0.319. The standard InChI is InChI=1S/C16H13ClFN3/c1-2-19-16-13-7-6-12(18)9-14(13)20-15(21-16)10-4-3-5-11(17)8-10/h3-9H,2H2,1H3,(H,19,20,21). The lowest BCUT2D eigenvalue weighted by Gasteiger charge is -2.10. The Bertz CT molecular complexity index is 805. The van der Waals surface area contributed by atoms with E-state index < -0.39 is 0 Å². The van der Waals surface area contributed by atoms with Gasteiger partial charge in [-0.1, -0.05) is 23.7 Å². The molecule has 3 nitrogen and oxygen atoms in total. The summed E-state index contributed by atoms with van der Waals surface area (Å²) in [7, 11) is 0. The Labute approximate surface area is 126 Å². The summed E-state index contributed by atoms with van der Waals surface area (Å²) in [5, 5.41) is 4.60. The van der Waals surface area contributed by atoms with Gasteiger partial charge in [-0.3, -0.25) is 0 Å². The molecule has 0 fully saturated rings. The smallest absolute Gasteiger partial charge is 0.162 e. The highest BCUT2D eigenvalue weighted by atomic mass is 35.5. The largest absolute Gasteiger partial charge is 0.370 e. The first-order chi connectivity index (χ1) is 10.2. The predicted octanol–water partition coefficient (Wildman–Crippen LogP) is 4.52. The first-order valence-electron chi connectivity index (χ1n) is 6.64. The van der Waals surface area contributed by atoms with Crippen LogP contribution in [0, 0.1) is 5.82 Å². The quantitative estimate of drug-likeness (QED) is 0.773. The van der Waals surface area contributed by atoms with E-state index in [1.54, 1.807) is 18.2 Å². The van der Waals surface area contributed by atoms with Crippen molar-refractivity contribution in [2.24, 2.45) is 0 Å². The molecule has 5 heteroatoms. The maximum atomic E-state index is 13.5. The Kier molecular flexibility index (Phi) is 3.71. The lowest BCUT2D eigenvalue weighted by molar-refractivity contribution is 0.629. The van der Waals surface area contributed by atoms with Crippen LogP contribution < -0.4 is 5.32 Å². The minimum Gasteiger partial charge on any atom is -0.370 e. The van der Waals surface area contributed by atoms with Gasteiger partial charge >= 0.3 is 0 Å². The molecule has 3 aromatic rings. The molecule has 21 heavy (non-hydrogen) atoms. The maximum Gasteiger partial charge on any atom is 0.162 e.